The summed E-state index contributed by atoms with van der Waals surface area (Å²) < 4.78 is 5.97. The van der Waals surface area contributed by atoms with Crippen LogP contribution >= 0.6 is 11.6 Å². The summed E-state index contributed by atoms with van der Waals surface area (Å²) in [6.07, 6.45) is 8.30. The van der Waals surface area contributed by atoms with E-state index < -0.39 is 0 Å². The van der Waals surface area contributed by atoms with E-state index in [0.717, 1.165) is 18.6 Å². The molecule has 2 atom stereocenters. The molecule has 0 saturated heterocycles. The highest BCUT2D eigenvalue weighted by atomic mass is 35.5. The standard InChI is InChI=1S/C16H23ClN2O/c1-12(20-15-10-6-9-14(17)11-15)16(19-18)13-7-4-2-3-5-8-13/h6-7,9-12,16,19H,2-5,8,18H2,1H3. The Balaban J connectivity index is 2.04. The monoisotopic (exact) mass is 294 g/mol. The van der Waals surface area contributed by atoms with Gasteiger partial charge in [0.05, 0.1) is 6.04 Å². The molecule has 1 aromatic rings. The first-order chi connectivity index (χ1) is 9.70. The van der Waals surface area contributed by atoms with E-state index in [-0.39, 0.29) is 12.1 Å². The minimum Gasteiger partial charge on any atom is -0.489 e. The Labute approximate surface area is 126 Å². The van der Waals surface area contributed by atoms with Gasteiger partial charge in [0.1, 0.15) is 11.9 Å². The number of allylic oxidation sites excluding steroid dienone is 1. The highest BCUT2D eigenvalue weighted by Gasteiger charge is 2.22. The van der Waals surface area contributed by atoms with Gasteiger partial charge in [-0.2, -0.15) is 0 Å². The summed E-state index contributed by atoms with van der Waals surface area (Å²) in [5, 5.41) is 0.681. The van der Waals surface area contributed by atoms with Crippen LogP contribution in [0, 0.1) is 0 Å². The second-order valence-corrected chi connectivity index (χ2v) is 5.74. The van der Waals surface area contributed by atoms with Crippen molar-refractivity contribution in [3.8, 4) is 5.75 Å². The Morgan fingerprint density at radius 2 is 2.15 bits per heavy atom. The number of hydrazine groups is 1. The normalized spacial score (nSPS) is 18.9. The highest BCUT2D eigenvalue weighted by Crippen LogP contribution is 2.24. The summed E-state index contributed by atoms with van der Waals surface area (Å²) >= 11 is 5.98. The Morgan fingerprint density at radius 1 is 1.30 bits per heavy atom. The molecule has 0 fully saturated rings. The molecular formula is C16H23ClN2O. The van der Waals surface area contributed by atoms with Crippen LogP contribution in [0.25, 0.3) is 0 Å². The van der Waals surface area contributed by atoms with E-state index in [0.29, 0.717) is 5.02 Å². The molecule has 0 amide bonds. The van der Waals surface area contributed by atoms with Gasteiger partial charge in [0.25, 0.3) is 0 Å². The Kier molecular flexibility index (Phi) is 5.89. The van der Waals surface area contributed by atoms with E-state index in [1.807, 2.05) is 31.2 Å². The van der Waals surface area contributed by atoms with Crippen LogP contribution in [-0.2, 0) is 0 Å². The van der Waals surface area contributed by atoms with Crippen LogP contribution < -0.4 is 16.0 Å². The lowest BCUT2D eigenvalue weighted by Gasteiger charge is -2.26. The van der Waals surface area contributed by atoms with E-state index in [1.165, 1.54) is 24.8 Å². The molecule has 0 heterocycles. The van der Waals surface area contributed by atoms with Crippen LogP contribution in [0.3, 0.4) is 0 Å². The third kappa shape index (κ3) is 4.23. The van der Waals surface area contributed by atoms with Crippen LogP contribution in [0.2, 0.25) is 5.02 Å². The molecule has 4 heteroatoms. The number of hydrogen-bond donors (Lipinski definition) is 2. The molecule has 20 heavy (non-hydrogen) atoms. The maximum absolute atomic E-state index is 5.98. The SMILES string of the molecule is CC(Oc1cccc(Cl)c1)C(NN)C1=CCCCCC1. The van der Waals surface area contributed by atoms with Gasteiger partial charge < -0.3 is 4.74 Å². The fourth-order valence-electron chi connectivity index (χ4n) is 2.69. The van der Waals surface area contributed by atoms with E-state index in [2.05, 4.69) is 11.5 Å². The van der Waals surface area contributed by atoms with Gasteiger partial charge >= 0.3 is 0 Å². The maximum Gasteiger partial charge on any atom is 0.121 e. The summed E-state index contributed by atoms with van der Waals surface area (Å²) in [5.74, 6) is 6.52. The van der Waals surface area contributed by atoms with Crippen LogP contribution in [0.5, 0.6) is 5.75 Å². The molecule has 0 spiro atoms. The van der Waals surface area contributed by atoms with Crippen molar-refractivity contribution in [2.75, 3.05) is 0 Å². The first kappa shape index (κ1) is 15.4. The van der Waals surface area contributed by atoms with Crippen LogP contribution in [-0.4, -0.2) is 12.1 Å². The highest BCUT2D eigenvalue weighted by molar-refractivity contribution is 6.30. The van der Waals surface area contributed by atoms with Crippen LogP contribution in [0.15, 0.2) is 35.9 Å². The predicted octanol–water partition coefficient (Wildman–Crippen LogP) is 3.83. The lowest BCUT2D eigenvalue weighted by molar-refractivity contribution is 0.183. The third-order valence-electron chi connectivity index (χ3n) is 3.74. The average Bonchev–Trinajstić information content (AvgIpc) is 2.69. The molecule has 110 valence electrons. The van der Waals surface area contributed by atoms with E-state index in [9.17, 15) is 0 Å². The Hall–Kier alpha value is -1.03. The fraction of sp³-hybridized carbons (Fsp3) is 0.500. The second-order valence-electron chi connectivity index (χ2n) is 5.30. The van der Waals surface area contributed by atoms with Crippen molar-refractivity contribution in [3.05, 3.63) is 40.9 Å². The van der Waals surface area contributed by atoms with Crippen molar-refractivity contribution < 1.29 is 4.74 Å². The fourth-order valence-corrected chi connectivity index (χ4v) is 2.87. The van der Waals surface area contributed by atoms with Gasteiger partial charge in [-0.3, -0.25) is 5.84 Å². The van der Waals surface area contributed by atoms with Gasteiger partial charge in [-0.1, -0.05) is 35.7 Å². The number of nitrogens with two attached hydrogens (primary N) is 1. The van der Waals surface area contributed by atoms with Crippen molar-refractivity contribution in [1.29, 1.82) is 0 Å². The zero-order valence-electron chi connectivity index (χ0n) is 11.9. The molecule has 2 rings (SSSR count). The van der Waals surface area contributed by atoms with Gasteiger partial charge in [0, 0.05) is 5.02 Å². The van der Waals surface area contributed by atoms with Gasteiger partial charge in [-0.05, 0) is 50.8 Å². The summed E-state index contributed by atoms with van der Waals surface area (Å²) in [4.78, 5) is 0. The van der Waals surface area contributed by atoms with Gasteiger partial charge in [0.15, 0.2) is 0 Å². The van der Waals surface area contributed by atoms with E-state index >= 15 is 0 Å². The van der Waals surface area contributed by atoms with Crippen molar-refractivity contribution in [2.24, 2.45) is 5.84 Å². The zero-order valence-corrected chi connectivity index (χ0v) is 12.7. The summed E-state index contributed by atoms with van der Waals surface area (Å²) in [6, 6.07) is 7.52. The quantitative estimate of drug-likeness (QED) is 0.493. The minimum absolute atomic E-state index is 0.0391. The Bertz CT molecular complexity index is 462. The lowest BCUT2D eigenvalue weighted by Crippen LogP contribution is -2.46. The van der Waals surface area contributed by atoms with E-state index in [4.69, 9.17) is 22.2 Å². The number of halogens is 1. The summed E-state index contributed by atoms with van der Waals surface area (Å²) in [5.41, 5.74) is 4.27. The number of ether oxygens (including phenoxy) is 1. The minimum atomic E-state index is -0.0391. The first-order valence-electron chi connectivity index (χ1n) is 7.28. The number of nitrogens with one attached hydrogen (secondary N) is 1. The molecule has 0 saturated carbocycles. The average molecular weight is 295 g/mol. The largest absolute Gasteiger partial charge is 0.489 e. The van der Waals surface area contributed by atoms with Gasteiger partial charge in [-0.25, -0.2) is 5.43 Å². The molecule has 0 aromatic heterocycles. The zero-order chi connectivity index (χ0) is 14.4. The molecular weight excluding hydrogens is 272 g/mol. The van der Waals surface area contributed by atoms with Crippen molar-refractivity contribution in [1.82, 2.24) is 5.43 Å². The molecule has 0 aliphatic heterocycles. The second kappa shape index (κ2) is 7.67. The number of rotatable bonds is 5. The maximum atomic E-state index is 5.98. The van der Waals surface area contributed by atoms with Crippen molar-refractivity contribution in [2.45, 2.75) is 51.2 Å². The Morgan fingerprint density at radius 3 is 2.90 bits per heavy atom. The molecule has 0 radical (unpaired) electrons. The van der Waals surface area contributed by atoms with Crippen molar-refractivity contribution in [3.63, 3.8) is 0 Å². The lowest BCUT2D eigenvalue weighted by atomic mass is 9.98. The molecule has 1 aliphatic rings. The van der Waals surface area contributed by atoms with Crippen LogP contribution in [0.1, 0.15) is 39.0 Å². The van der Waals surface area contributed by atoms with Crippen LogP contribution in [0.4, 0.5) is 0 Å². The number of hydrogen-bond acceptors (Lipinski definition) is 3. The van der Waals surface area contributed by atoms with E-state index in [1.54, 1.807) is 0 Å². The molecule has 2 unspecified atom stereocenters. The molecule has 0 bridgehead atoms. The molecule has 3 nitrogen and oxygen atoms in total. The smallest absolute Gasteiger partial charge is 0.121 e. The van der Waals surface area contributed by atoms with Gasteiger partial charge in [-0.15, -0.1) is 0 Å². The molecule has 1 aromatic carbocycles. The summed E-state index contributed by atoms with van der Waals surface area (Å²) in [7, 11) is 0. The third-order valence-corrected chi connectivity index (χ3v) is 3.98. The topological polar surface area (TPSA) is 47.3 Å². The molecule has 3 N–H and O–H groups in total. The number of benzene rings is 1. The van der Waals surface area contributed by atoms with Gasteiger partial charge in [0.2, 0.25) is 0 Å². The first-order valence-corrected chi connectivity index (χ1v) is 7.66. The molecule has 1 aliphatic carbocycles. The van der Waals surface area contributed by atoms with Crippen molar-refractivity contribution >= 4 is 11.6 Å². The summed E-state index contributed by atoms with van der Waals surface area (Å²) in [6.45, 7) is 2.04. The predicted molar refractivity (Wildman–Crippen MR) is 83.8 cm³/mol.